The van der Waals surface area contributed by atoms with E-state index in [-0.39, 0.29) is 12.5 Å². The van der Waals surface area contributed by atoms with Crippen LogP contribution in [0.4, 0.5) is 0 Å². The zero-order chi connectivity index (χ0) is 16.2. The first kappa shape index (κ1) is 15.1. The number of hydrogen-bond acceptors (Lipinski definition) is 4. The second-order valence-electron chi connectivity index (χ2n) is 5.59. The van der Waals surface area contributed by atoms with Gasteiger partial charge in [-0.2, -0.15) is 0 Å². The standard InChI is InChI=1S/C17H17N3O3/c21-16(20-8-4-7-13(11-20)17(22)23)14-9-18-15(19-10-14)12-5-2-1-3-6-12/h1-3,5-6,9-10,13H,4,7-8,11H2,(H,22,23)/t13-/m1/s1. The van der Waals surface area contributed by atoms with Crippen molar-refractivity contribution < 1.29 is 14.7 Å². The molecule has 0 unspecified atom stereocenters. The number of amides is 1. The Labute approximate surface area is 133 Å². The molecule has 3 rings (SSSR count). The maximum atomic E-state index is 12.5. The molecule has 6 nitrogen and oxygen atoms in total. The molecule has 6 heteroatoms. The number of nitrogens with zero attached hydrogens (tertiary/aromatic N) is 3. The predicted molar refractivity (Wildman–Crippen MR) is 83.7 cm³/mol. The summed E-state index contributed by atoms with van der Waals surface area (Å²) in [4.78, 5) is 33.6. The minimum Gasteiger partial charge on any atom is -0.481 e. The highest BCUT2D eigenvalue weighted by Crippen LogP contribution is 2.19. The Bertz CT molecular complexity index is 701. The molecule has 0 saturated carbocycles. The van der Waals surface area contributed by atoms with Crippen molar-refractivity contribution in [1.82, 2.24) is 14.9 Å². The van der Waals surface area contributed by atoms with Gasteiger partial charge in [-0.05, 0) is 12.8 Å². The smallest absolute Gasteiger partial charge is 0.308 e. The highest BCUT2D eigenvalue weighted by Gasteiger charge is 2.28. The summed E-state index contributed by atoms with van der Waals surface area (Å²) in [5, 5.41) is 9.11. The van der Waals surface area contributed by atoms with Gasteiger partial charge in [-0.15, -0.1) is 0 Å². The van der Waals surface area contributed by atoms with Gasteiger partial charge < -0.3 is 10.0 Å². The molecule has 0 spiro atoms. The predicted octanol–water partition coefficient (Wildman–Crippen LogP) is 2.08. The van der Waals surface area contributed by atoms with Crippen molar-refractivity contribution in [3.63, 3.8) is 0 Å². The summed E-state index contributed by atoms with van der Waals surface area (Å²) in [7, 11) is 0. The van der Waals surface area contributed by atoms with E-state index in [0.717, 1.165) is 5.56 Å². The molecule has 0 bridgehead atoms. The lowest BCUT2D eigenvalue weighted by Crippen LogP contribution is -2.42. The highest BCUT2D eigenvalue weighted by molar-refractivity contribution is 5.94. The fourth-order valence-electron chi connectivity index (χ4n) is 2.72. The molecule has 2 heterocycles. The van der Waals surface area contributed by atoms with Crippen LogP contribution in [0, 0.1) is 5.92 Å². The van der Waals surface area contributed by atoms with Gasteiger partial charge in [0, 0.05) is 31.0 Å². The monoisotopic (exact) mass is 311 g/mol. The van der Waals surface area contributed by atoms with E-state index < -0.39 is 11.9 Å². The lowest BCUT2D eigenvalue weighted by Gasteiger charge is -2.30. The van der Waals surface area contributed by atoms with Gasteiger partial charge in [0.25, 0.3) is 5.91 Å². The molecule has 23 heavy (non-hydrogen) atoms. The number of benzene rings is 1. The molecule has 1 amide bonds. The van der Waals surface area contributed by atoms with Gasteiger partial charge >= 0.3 is 5.97 Å². The number of aromatic nitrogens is 2. The fraction of sp³-hybridized carbons (Fsp3) is 0.294. The van der Waals surface area contributed by atoms with Crippen molar-refractivity contribution in [2.45, 2.75) is 12.8 Å². The van der Waals surface area contributed by atoms with Crippen molar-refractivity contribution in [3.8, 4) is 11.4 Å². The summed E-state index contributed by atoms with van der Waals surface area (Å²) in [6.07, 6.45) is 4.32. The van der Waals surface area contributed by atoms with Gasteiger partial charge in [-0.3, -0.25) is 9.59 Å². The Balaban J connectivity index is 1.74. The van der Waals surface area contributed by atoms with E-state index in [0.29, 0.717) is 30.8 Å². The zero-order valence-corrected chi connectivity index (χ0v) is 12.6. The van der Waals surface area contributed by atoms with Crippen molar-refractivity contribution in [3.05, 3.63) is 48.3 Å². The number of carbonyl (C=O) groups is 2. The Morgan fingerprint density at radius 3 is 2.48 bits per heavy atom. The first-order valence-electron chi connectivity index (χ1n) is 7.54. The molecule has 118 valence electrons. The molecule has 1 aliphatic heterocycles. The molecular formula is C17H17N3O3. The average molecular weight is 311 g/mol. The van der Waals surface area contributed by atoms with Gasteiger partial charge in [-0.25, -0.2) is 9.97 Å². The van der Waals surface area contributed by atoms with Crippen LogP contribution in [-0.2, 0) is 4.79 Å². The van der Waals surface area contributed by atoms with Crippen molar-refractivity contribution in [2.75, 3.05) is 13.1 Å². The maximum Gasteiger partial charge on any atom is 0.308 e. The van der Waals surface area contributed by atoms with E-state index in [9.17, 15) is 9.59 Å². The molecule has 1 atom stereocenters. The van der Waals surface area contributed by atoms with Gasteiger partial charge in [-0.1, -0.05) is 30.3 Å². The molecular weight excluding hydrogens is 294 g/mol. The van der Waals surface area contributed by atoms with Crippen LogP contribution < -0.4 is 0 Å². The molecule has 1 N–H and O–H groups in total. The second-order valence-corrected chi connectivity index (χ2v) is 5.59. The number of piperidine rings is 1. The molecule has 1 aliphatic rings. The third kappa shape index (κ3) is 3.36. The number of hydrogen-bond donors (Lipinski definition) is 1. The molecule has 1 saturated heterocycles. The van der Waals surface area contributed by atoms with Crippen LogP contribution in [0.5, 0.6) is 0 Å². The molecule has 1 fully saturated rings. The number of aliphatic carboxylic acids is 1. The van der Waals surface area contributed by atoms with Crippen molar-refractivity contribution in [2.24, 2.45) is 5.92 Å². The molecule has 1 aromatic carbocycles. The van der Waals surface area contributed by atoms with E-state index in [2.05, 4.69) is 9.97 Å². The van der Waals surface area contributed by atoms with Crippen LogP contribution in [0.1, 0.15) is 23.2 Å². The van der Waals surface area contributed by atoms with E-state index >= 15 is 0 Å². The quantitative estimate of drug-likeness (QED) is 0.938. The van der Waals surface area contributed by atoms with Crippen molar-refractivity contribution in [1.29, 1.82) is 0 Å². The van der Waals surface area contributed by atoms with E-state index in [1.165, 1.54) is 12.4 Å². The van der Waals surface area contributed by atoms with Crippen molar-refractivity contribution >= 4 is 11.9 Å². The summed E-state index contributed by atoms with van der Waals surface area (Å²) in [5.74, 6) is -0.991. The number of carbonyl (C=O) groups excluding carboxylic acids is 1. The lowest BCUT2D eigenvalue weighted by molar-refractivity contribution is -0.143. The summed E-state index contributed by atoms with van der Waals surface area (Å²) in [6, 6.07) is 9.52. The topological polar surface area (TPSA) is 83.4 Å². The zero-order valence-electron chi connectivity index (χ0n) is 12.6. The van der Waals surface area contributed by atoms with E-state index in [1.807, 2.05) is 30.3 Å². The van der Waals surface area contributed by atoms with E-state index in [1.54, 1.807) is 4.90 Å². The van der Waals surface area contributed by atoms with E-state index in [4.69, 9.17) is 5.11 Å². The average Bonchev–Trinajstić information content (AvgIpc) is 2.62. The largest absolute Gasteiger partial charge is 0.481 e. The Morgan fingerprint density at radius 2 is 1.83 bits per heavy atom. The summed E-state index contributed by atoms with van der Waals surface area (Å²) < 4.78 is 0. The summed E-state index contributed by atoms with van der Waals surface area (Å²) in [6.45, 7) is 0.817. The first-order chi connectivity index (χ1) is 11.1. The third-order valence-electron chi connectivity index (χ3n) is 3.99. The highest BCUT2D eigenvalue weighted by atomic mass is 16.4. The number of likely N-dealkylation sites (tertiary alicyclic amines) is 1. The Morgan fingerprint density at radius 1 is 1.13 bits per heavy atom. The van der Waals surface area contributed by atoms with Gasteiger partial charge in [0.05, 0.1) is 11.5 Å². The SMILES string of the molecule is O=C(O)[C@@H]1CCCN(C(=O)c2cnc(-c3ccccc3)nc2)C1. The number of rotatable bonds is 3. The van der Waals surface area contributed by atoms with Gasteiger partial charge in [0.15, 0.2) is 5.82 Å². The van der Waals surface area contributed by atoms with Crippen LogP contribution in [0.25, 0.3) is 11.4 Å². The van der Waals surface area contributed by atoms with Crippen LogP contribution in [0.3, 0.4) is 0 Å². The lowest BCUT2D eigenvalue weighted by atomic mass is 9.98. The van der Waals surface area contributed by atoms with Gasteiger partial charge in [0.1, 0.15) is 0 Å². The molecule has 0 radical (unpaired) electrons. The minimum absolute atomic E-state index is 0.212. The van der Waals surface area contributed by atoms with Crippen LogP contribution in [-0.4, -0.2) is 44.9 Å². The van der Waals surface area contributed by atoms with Gasteiger partial charge in [0.2, 0.25) is 0 Å². The third-order valence-corrected chi connectivity index (χ3v) is 3.99. The van der Waals surface area contributed by atoms with Crippen LogP contribution in [0.2, 0.25) is 0 Å². The van der Waals surface area contributed by atoms with Crippen LogP contribution in [0.15, 0.2) is 42.7 Å². The molecule has 0 aliphatic carbocycles. The fourth-order valence-corrected chi connectivity index (χ4v) is 2.72. The molecule has 1 aromatic heterocycles. The maximum absolute atomic E-state index is 12.5. The first-order valence-corrected chi connectivity index (χ1v) is 7.54. The Kier molecular flexibility index (Phi) is 4.32. The number of carboxylic acids is 1. The normalized spacial score (nSPS) is 17.7. The summed E-state index contributed by atoms with van der Waals surface area (Å²) >= 11 is 0. The summed E-state index contributed by atoms with van der Waals surface area (Å²) in [5.41, 5.74) is 1.27. The Hall–Kier alpha value is -2.76. The minimum atomic E-state index is -0.849. The second kappa shape index (κ2) is 6.56. The number of carboxylic acid groups (broad SMARTS) is 1. The van der Waals surface area contributed by atoms with Crippen LogP contribution >= 0.6 is 0 Å². The molecule has 2 aromatic rings.